The maximum Gasteiger partial charge on any atom is 0.405 e. The molecule has 0 radical (unpaired) electrons. The first kappa shape index (κ1) is 23.3. The van der Waals surface area contributed by atoms with Gasteiger partial charge in [-0.3, -0.25) is 23.6 Å². The third kappa shape index (κ3) is 4.10. The van der Waals surface area contributed by atoms with Gasteiger partial charge in [-0.2, -0.15) is 18.3 Å². The van der Waals surface area contributed by atoms with Crippen LogP contribution < -0.4 is 11.0 Å². The Morgan fingerprint density at radius 2 is 1.78 bits per heavy atom. The van der Waals surface area contributed by atoms with Crippen LogP contribution >= 0.6 is 0 Å². The summed E-state index contributed by atoms with van der Waals surface area (Å²) in [5, 5.41) is 6.73. The molecular weight excluding hydrogens is 480 g/mol. The molecule has 0 bridgehead atoms. The molecule has 0 saturated carbocycles. The fraction of sp³-hybridized carbons (Fsp3) is 0.167. The molecule has 5 rings (SSSR count). The fourth-order valence-corrected chi connectivity index (χ4v) is 4.14. The largest absolute Gasteiger partial charge is 0.405 e. The van der Waals surface area contributed by atoms with Crippen molar-refractivity contribution in [2.45, 2.75) is 12.7 Å². The molecule has 1 N–H and O–H groups in total. The smallest absolute Gasteiger partial charge is 0.345 e. The van der Waals surface area contributed by atoms with Gasteiger partial charge in [-0.05, 0) is 29.8 Å². The predicted octanol–water partition coefficient (Wildman–Crippen LogP) is 3.56. The number of nitrogens with one attached hydrogen (secondary N) is 1. The first-order chi connectivity index (χ1) is 17.1. The van der Waals surface area contributed by atoms with Crippen LogP contribution in [0.5, 0.6) is 0 Å². The Bertz CT molecular complexity index is 1680. The summed E-state index contributed by atoms with van der Waals surface area (Å²) in [5.74, 6) is -1.70. The molecular formula is C24H18F4N6O2. The molecule has 0 spiro atoms. The molecule has 2 aromatic carbocycles. The summed E-state index contributed by atoms with van der Waals surface area (Å²) < 4.78 is 56.6. The molecule has 0 aliphatic carbocycles. The number of fused-ring (bicyclic) bond motifs is 2. The first-order valence-corrected chi connectivity index (χ1v) is 10.7. The summed E-state index contributed by atoms with van der Waals surface area (Å²) in [6, 6.07) is 10.7. The predicted molar refractivity (Wildman–Crippen MR) is 124 cm³/mol. The van der Waals surface area contributed by atoms with Crippen LogP contribution in [-0.4, -0.2) is 42.5 Å². The molecule has 3 heterocycles. The minimum atomic E-state index is -4.59. The molecule has 8 nitrogen and oxygen atoms in total. The number of imidazole rings is 1. The average Bonchev–Trinajstić information content (AvgIpc) is 3.35. The molecule has 0 atom stereocenters. The van der Waals surface area contributed by atoms with Crippen molar-refractivity contribution in [3.8, 4) is 16.8 Å². The maximum absolute atomic E-state index is 15.4. The number of aromatic nitrogens is 5. The zero-order valence-electron chi connectivity index (χ0n) is 18.8. The van der Waals surface area contributed by atoms with Gasteiger partial charge < -0.3 is 5.32 Å². The standard InChI is InChI=1S/C24H18F4N6O2/c1-32-21-11-29-9-15(16(21)10-31-32)14-6-7-18(17(25)8-14)34-20-5-3-2-4-19(20)33(23(34)36)12-22(35)30-13-24(26,27)28/h2-11H,12-13H2,1H3,(H,30,35). The number of carbonyl (C=O) groups excluding carboxylic acids is 1. The van der Waals surface area contributed by atoms with E-state index in [0.29, 0.717) is 16.6 Å². The van der Waals surface area contributed by atoms with Crippen molar-refractivity contribution in [1.29, 1.82) is 0 Å². The lowest BCUT2D eigenvalue weighted by atomic mass is 10.0. The molecule has 184 valence electrons. The SMILES string of the molecule is Cn1ncc2c(-c3ccc(-n4c(=O)n(CC(=O)NCC(F)(F)F)c5ccccc54)c(F)c3)cncc21. The van der Waals surface area contributed by atoms with E-state index in [1.807, 2.05) is 0 Å². The number of para-hydroxylation sites is 2. The molecule has 0 saturated heterocycles. The zero-order chi connectivity index (χ0) is 25.6. The van der Waals surface area contributed by atoms with Gasteiger partial charge in [0.25, 0.3) is 0 Å². The normalized spacial score (nSPS) is 11.9. The molecule has 3 aromatic heterocycles. The van der Waals surface area contributed by atoms with Gasteiger partial charge in [0.15, 0.2) is 0 Å². The van der Waals surface area contributed by atoms with Gasteiger partial charge in [0.2, 0.25) is 5.91 Å². The number of hydrogen-bond acceptors (Lipinski definition) is 4. The van der Waals surface area contributed by atoms with E-state index in [-0.39, 0.29) is 11.2 Å². The number of pyridine rings is 1. The van der Waals surface area contributed by atoms with Crippen molar-refractivity contribution >= 4 is 27.8 Å². The number of amides is 1. The summed E-state index contributed by atoms with van der Waals surface area (Å²) in [6.45, 7) is -2.18. The van der Waals surface area contributed by atoms with E-state index in [4.69, 9.17) is 0 Å². The quantitative estimate of drug-likeness (QED) is 0.376. The topological polar surface area (TPSA) is 86.7 Å². The number of aryl methyl sites for hydroxylation is 1. The van der Waals surface area contributed by atoms with Gasteiger partial charge in [-0.25, -0.2) is 9.18 Å². The third-order valence-electron chi connectivity index (χ3n) is 5.80. The van der Waals surface area contributed by atoms with E-state index in [0.717, 1.165) is 20.0 Å². The second-order valence-corrected chi connectivity index (χ2v) is 8.14. The summed E-state index contributed by atoms with van der Waals surface area (Å²) in [7, 11) is 1.77. The summed E-state index contributed by atoms with van der Waals surface area (Å²) >= 11 is 0. The van der Waals surface area contributed by atoms with Crippen LogP contribution in [0.2, 0.25) is 0 Å². The minimum Gasteiger partial charge on any atom is -0.345 e. The van der Waals surface area contributed by atoms with Crippen molar-refractivity contribution in [2.75, 3.05) is 6.54 Å². The minimum absolute atomic E-state index is 0.0688. The van der Waals surface area contributed by atoms with E-state index in [1.54, 1.807) is 59.9 Å². The second-order valence-electron chi connectivity index (χ2n) is 8.14. The molecule has 0 unspecified atom stereocenters. The zero-order valence-corrected chi connectivity index (χ0v) is 18.8. The third-order valence-corrected chi connectivity index (χ3v) is 5.80. The number of benzene rings is 2. The Hall–Kier alpha value is -4.48. The lowest BCUT2D eigenvalue weighted by Gasteiger charge is -2.09. The maximum atomic E-state index is 15.4. The van der Waals surface area contributed by atoms with E-state index >= 15 is 4.39 Å². The number of halogens is 4. The summed E-state index contributed by atoms with van der Waals surface area (Å²) in [6.07, 6.45) is 0.307. The lowest BCUT2D eigenvalue weighted by Crippen LogP contribution is -2.38. The average molecular weight is 498 g/mol. The molecule has 0 aliphatic heterocycles. The van der Waals surface area contributed by atoms with Crippen molar-refractivity contribution in [1.82, 2.24) is 29.2 Å². The van der Waals surface area contributed by atoms with Gasteiger partial charge in [0.1, 0.15) is 18.9 Å². The van der Waals surface area contributed by atoms with Crippen LogP contribution in [0.25, 0.3) is 38.8 Å². The van der Waals surface area contributed by atoms with E-state index in [2.05, 4.69) is 10.1 Å². The van der Waals surface area contributed by atoms with E-state index in [1.165, 1.54) is 18.2 Å². The molecule has 0 aliphatic rings. The van der Waals surface area contributed by atoms with Crippen molar-refractivity contribution in [3.05, 3.63) is 77.4 Å². The highest BCUT2D eigenvalue weighted by Crippen LogP contribution is 2.30. The van der Waals surface area contributed by atoms with Crippen LogP contribution in [0.4, 0.5) is 17.6 Å². The Morgan fingerprint density at radius 1 is 1.03 bits per heavy atom. The monoisotopic (exact) mass is 498 g/mol. The van der Waals surface area contributed by atoms with E-state index < -0.39 is 36.7 Å². The highest BCUT2D eigenvalue weighted by molar-refractivity contribution is 5.93. The van der Waals surface area contributed by atoms with Crippen LogP contribution in [0.15, 0.2) is 65.8 Å². The Balaban J connectivity index is 1.57. The molecule has 0 fully saturated rings. The Morgan fingerprint density at radius 3 is 2.50 bits per heavy atom. The molecule has 12 heteroatoms. The van der Waals surface area contributed by atoms with Crippen LogP contribution in [0, 0.1) is 5.82 Å². The molecule has 36 heavy (non-hydrogen) atoms. The lowest BCUT2D eigenvalue weighted by molar-refractivity contribution is -0.138. The van der Waals surface area contributed by atoms with E-state index in [9.17, 15) is 22.8 Å². The first-order valence-electron chi connectivity index (χ1n) is 10.7. The van der Waals surface area contributed by atoms with Crippen LogP contribution in [-0.2, 0) is 18.4 Å². The number of hydrogen-bond donors (Lipinski definition) is 1. The van der Waals surface area contributed by atoms with Gasteiger partial charge in [0.05, 0.1) is 34.6 Å². The number of alkyl halides is 3. The fourth-order valence-electron chi connectivity index (χ4n) is 4.14. The molecule has 1 amide bonds. The highest BCUT2D eigenvalue weighted by Gasteiger charge is 2.28. The highest BCUT2D eigenvalue weighted by atomic mass is 19.4. The Labute approximate surface area is 200 Å². The van der Waals surface area contributed by atoms with Crippen LogP contribution in [0.3, 0.4) is 0 Å². The van der Waals surface area contributed by atoms with Gasteiger partial charge in [0, 0.05) is 24.2 Å². The van der Waals surface area contributed by atoms with Crippen molar-refractivity contribution in [2.24, 2.45) is 7.05 Å². The summed E-state index contributed by atoms with van der Waals surface area (Å²) in [4.78, 5) is 29.6. The molecule has 5 aromatic rings. The number of nitrogens with zero attached hydrogens (tertiary/aromatic N) is 5. The Kier molecular flexibility index (Phi) is 5.58. The van der Waals surface area contributed by atoms with Crippen molar-refractivity contribution < 1.29 is 22.4 Å². The van der Waals surface area contributed by atoms with Gasteiger partial charge >= 0.3 is 11.9 Å². The number of carbonyl (C=O) groups is 1. The summed E-state index contributed by atoms with van der Waals surface area (Å²) in [5.41, 5.74) is 1.68. The van der Waals surface area contributed by atoms with Gasteiger partial charge in [-0.1, -0.05) is 18.2 Å². The number of rotatable bonds is 5. The van der Waals surface area contributed by atoms with Crippen LogP contribution in [0.1, 0.15) is 0 Å². The van der Waals surface area contributed by atoms with Crippen molar-refractivity contribution in [3.63, 3.8) is 0 Å². The van der Waals surface area contributed by atoms with Gasteiger partial charge in [-0.15, -0.1) is 0 Å². The second kappa shape index (κ2) is 8.63.